The summed E-state index contributed by atoms with van der Waals surface area (Å²) in [6.07, 6.45) is 0. The number of amides is 2. The van der Waals surface area contributed by atoms with Crippen molar-refractivity contribution in [3.63, 3.8) is 0 Å². The van der Waals surface area contributed by atoms with Crippen LogP contribution in [0.25, 0.3) is 11.3 Å². The summed E-state index contributed by atoms with van der Waals surface area (Å²) in [6.45, 7) is 8.18. The van der Waals surface area contributed by atoms with Gasteiger partial charge in [0.05, 0.1) is 6.54 Å². The number of nitrogens with zero attached hydrogens (tertiary/aromatic N) is 3. The SMILES string of the molecule is CCN(CC)C(=O)CN1CCN(C(=O)c2ccc(-c3ccc(F)cc3)o2)CC1. The second-order valence-electron chi connectivity index (χ2n) is 6.81. The lowest BCUT2D eigenvalue weighted by Gasteiger charge is -2.34. The average Bonchev–Trinajstić information content (AvgIpc) is 3.20. The third-order valence-electron chi connectivity index (χ3n) is 5.08. The Labute approximate surface area is 164 Å². The van der Waals surface area contributed by atoms with E-state index in [9.17, 15) is 14.0 Å². The quantitative estimate of drug-likeness (QED) is 0.765. The molecule has 1 aromatic carbocycles. The van der Waals surface area contributed by atoms with E-state index in [0.717, 1.165) is 5.56 Å². The number of halogens is 1. The first-order valence-electron chi connectivity index (χ1n) is 9.67. The lowest BCUT2D eigenvalue weighted by Crippen LogP contribution is -2.51. The zero-order valence-electron chi connectivity index (χ0n) is 16.4. The number of piperazine rings is 1. The third kappa shape index (κ3) is 4.59. The van der Waals surface area contributed by atoms with Crippen LogP contribution in [0.5, 0.6) is 0 Å². The van der Waals surface area contributed by atoms with Crippen LogP contribution in [0, 0.1) is 5.82 Å². The van der Waals surface area contributed by atoms with Crippen molar-refractivity contribution in [1.29, 1.82) is 0 Å². The largest absolute Gasteiger partial charge is 0.451 e. The van der Waals surface area contributed by atoms with Gasteiger partial charge in [-0.1, -0.05) is 0 Å². The number of carbonyl (C=O) groups excluding carboxylic acids is 2. The first kappa shape index (κ1) is 20.1. The van der Waals surface area contributed by atoms with Crippen LogP contribution in [0.2, 0.25) is 0 Å². The highest BCUT2D eigenvalue weighted by Gasteiger charge is 2.26. The van der Waals surface area contributed by atoms with Crippen molar-refractivity contribution in [2.24, 2.45) is 0 Å². The fourth-order valence-electron chi connectivity index (χ4n) is 3.35. The summed E-state index contributed by atoms with van der Waals surface area (Å²) >= 11 is 0. The predicted octanol–water partition coefficient (Wildman–Crippen LogP) is 2.71. The molecule has 1 aliphatic heterocycles. The summed E-state index contributed by atoms with van der Waals surface area (Å²) in [5, 5.41) is 0. The molecule has 6 nitrogen and oxygen atoms in total. The van der Waals surface area contributed by atoms with Crippen LogP contribution in [0.3, 0.4) is 0 Å². The Hall–Kier alpha value is -2.67. The van der Waals surface area contributed by atoms with E-state index in [1.807, 2.05) is 18.7 Å². The molecule has 0 saturated carbocycles. The molecule has 3 rings (SSSR count). The number of benzene rings is 1. The Morgan fingerprint density at radius 3 is 2.25 bits per heavy atom. The summed E-state index contributed by atoms with van der Waals surface area (Å²) < 4.78 is 18.7. The highest BCUT2D eigenvalue weighted by Crippen LogP contribution is 2.23. The zero-order valence-corrected chi connectivity index (χ0v) is 16.4. The van der Waals surface area contributed by atoms with Gasteiger partial charge in [0.2, 0.25) is 5.91 Å². The minimum atomic E-state index is -0.316. The molecular formula is C21H26FN3O3. The summed E-state index contributed by atoms with van der Waals surface area (Å²) in [6, 6.07) is 9.33. The Balaban J connectivity index is 1.55. The van der Waals surface area contributed by atoms with Crippen molar-refractivity contribution in [1.82, 2.24) is 14.7 Å². The van der Waals surface area contributed by atoms with Gasteiger partial charge < -0.3 is 14.2 Å². The average molecular weight is 387 g/mol. The Morgan fingerprint density at radius 1 is 1.00 bits per heavy atom. The van der Waals surface area contributed by atoms with Gasteiger partial charge in [-0.15, -0.1) is 0 Å². The van der Waals surface area contributed by atoms with Gasteiger partial charge in [0.1, 0.15) is 11.6 Å². The van der Waals surface area contributed by atoms with Gasteiger partial charge in [-0.25, -0.2) is 4.39 Å². The number of furan rings is 1. The van der Waals surface area contributed by atoms with Crippen molar-refractivity contribution < 1.29 is 18.4 Å². The smallest absolute Gasteiger partial charge is 0.289 e. The monoisotopic (exact) mass is 387 g/mol. The molecule has 0 N–H and O–H groups in total. The van der Waals surface area contributed by atoms with Gasteiger partial charge in [-0.05, 0) is 50.2 Å². The fraction of sp³-hybridized carbons (Fsp3) is 0.429. The van der Waals surface area contributed by atoms with Crippen LogP contribution in [0.4, 0.5) is 4.39 Å². The van der Waals surface area contributed by atoms with Gasteiger partial charge in [-0.2, -0.15) is 0 Å². The van der Waals surface area contributed by atoms with Crippen LogP contribution < -0.4 is 0 Å². The molecule has 0 atom stereocenters. The van der Waals surface area contributed by atoms with Gasteiger partial charge in [0, 0.05) is 44.8 Å². The number of hydrogen-bond donors (Lipinski definition) is 0. The molecule has 0 radical (unpaired) electrons. The highest BCUT2D eigenvalue weighted by atomic mass is 19.1. The molecule has 0 unspecified atom stereocenters. The molecule has 0 spiro atoms. The number of likely N-dealkylation sites (N-methyl/N-ethyl adjacent to an activating group) is 1. The second-order valence-corrected chi connectivity index (χ2v) is 6.81. The normalized spacial score (nSPS) is 14.9. The molecular weight excluding hydrogens is 361 g/mol. The van der Waals surface area contributed by atoms with Gasteiger partial charge in [0.25, 0.3) is 5.91 Å². The van der Waals surface area contributed by atoms with Crippen LogP contribution in [-0.4, -0.2) is 72.3 Å². The van der Waals surface area contributed by atoms with E-state index in [2.05, 4.69) is 4.90 Å². The van der Waals surface area contributed by atoms with Gasteiger partial charge in [0.15, 0.2) is 5.76 Å². The van der Waals surface area contributed by atoms with E-state index in [-0.39, 0.29) is 23.4 Å². The van der Waals surface area contributed by atoms with E-state index >= 15 is 0 Å². The maximum atomic E-state index is 13.1. The van der Waals surface area contributed by atoms with Crippen molar-refractivity contribution in [3.05, 3.63) is 48.0 Å². The topological polar surface area (TPSA) is 57.0 Å². The minimum absolute atomic E-state index is 0.125. The fourth-order valence-corrected chi connectivity index (χ4v) is 3.35. The van der Waals surface area contributed by atoms with E-state index in [4.69, 9.17) is 4.42 Å². The van der Waals surface area contributed by atoms with Crippen LogP contribution in [0.1, 0.15) is 24.4 Å². The Bertz CT molecular complexity index is 807. The van der Waals surface area contributed by atoms with Crippen molar-refractivity contribution in [3.8, 4) is 11.3 Å². The minimum Gasteiger partial charge on any atom is -0.451 e. The molecule has 1 aromatic heterocycles. The first-order chi connectivity index (χ1) is 13.5. The van der Waals surface area contributed by atoms with Crippen molar-refractivity contribution >= 4 is 11.8 Å². The predicted molar refractivity (Wildman–Crippen MR) is 104 cm³/mol. The molecule has 150 valence electrons. The first-order valence-corrected chi connectivity index (χ1v) is 9.67. The molecule has 0 aliphatic carbocycles. The van der Waals surface area contributed by atoms with E-state index < -0.39 is 0 Å². The molecule has 0 bridgehead atoms. The molecule has 28 heavy (non-hydrogen) atoms. The highest BCUT2D eigenvalue weighted by molar-refractivity contribution is 5.92. The van der Waals surface area contributed by atoms with E-state index in [0.29, 0.717) is 51.6 Å². The standard InChI is InChI=1S/C21H26FN3O3/c1-3-24(4-2)20(26)15-23-11-13-25(14-12-23)21(27)19-10-9-18(28-19)16-5-7-17(22)8-6-16/h5-10H,3-4,11-15H2,1-2H3. The lowest BCUT2D eigenvalue weighted by molar-refractivity contribution is -0.132. The lowest BCUT2D eigenvalue weighted by atomic mass is 10.2. The zero-order chi connectivity index (χ0) is 20.1. The Kier molecular flexibility index (Phi) is 6.46. The molecule has 1 saturated heterocycles. The molecule has 7 heteroatoms. The summed E-state index contributed by atoms with van der Waals surface area (Å²) in [4.78, 5) is 30.6. The van der Waals surface area contributed by atoms with Crippen LogP contribution in [-0.2, 0) is 4.79 Å². The number of hydrogen-bond acceptors (Lipinski definition) is 4. The van der Waals surface area contributed by atoms with Gasteiger partial charge in [-0.3, -0.25) is 14.5 Å². The third-order valence-corrected chi connectivity index (χ3v) is 5.08. The maximum Gasteiger partial charge on any atom is 0.289 e. The second kappa shape index (κ2) is 9.01. The van der Waals surface area contributed by atoms with E-state index in [1.54, 1.807) is 29.2 Å². The number of carbonyl (C=O) groups is 2. The summed E-state index contributed by atoms with van der Waals surface area (Å²) in [5.74, 6) is 0.450. The molecule has 1 aliphatic rings. The molecule has 2 amide bonds. The van der Waals surface area contributed by atoms with Crippen molar-refractivity contribution in [2.45, 2.75) is 13.8 Å². The van der Waals surface area contributed by atoms with Crippen LogP contribution in [0.15, 0.2) is 40.8 Å². The van der Waals surface area contributed by atoms with Crippen LogP contribution >= 0.6 is 0 Å². The van der Waals surface area contributed by atoms with Crippen molar-refractivity contribution in [2.75, 3.05) is 45.8 Å². The summed E-state index contributed by atoms with van der Waals surface area (Å²) in [7, 11) is 0. The molecule has 2 heterocycles. The Morgan fingerprint density at radius 2 is 1.64 bits per heavy atom. The van der Waals surface area contributed by atoms with Gasteiger partial charge >= 0.3 is 0 Å². The van der Waals surface area contributed by atoms with E-state index in [1.165, 1.54) is 12.1 Å². The molecule has 2 aromatic rings. The summed E-state index contributed by atoms with van der Waals surface area (Å²) in [5.41, 5.74) is 0.722. The maximum absolute atomic E-state index is 13.1. The number of rotatable bonds is 6. The molecule has 1 fully saturated rings.